The molecule has 150 valence electrons. The topological polar surface area (TPSA) is 87.6 Å². The number of aliphatic hydroxyl groups is 1. The molecule has 0 saturated carbocycles. The van der Waals surface area contributed by atoms with Crippen molar-refractivity contribution in [3.8, 4) is 11.4 Å². The number of H-pyrrole nitrogens is 1. The van der Waals surface area contributed by atoms with Gasteiger partial charge in [-0.2, -0.15) is 0 Å². The van der Waals surface area contributed by atoms with Gasteiger partial charge >= 0.3 is 0 Å². The fourth-order valence-corrected chi connectivity index (χ4v) is 3.41. The maximum absolute atomic E-state index is 12.5. The highest BCUT2D eigenvalue weighted by Crippen LogP contribution is 2.18. The van der Waals surface area contributed by atoms with Crippen LogP contribution in [0.5, 0.6) is 5.75 Å². The lowest BCUT2D eigenvalue weighted by molar-refractivity contribution is 0.198. The largest absolute Gasteiger partial charge is 0.489 e. The van der Waals surface area contributed by atoms with E-state index >= 15 is 0 Å². The fraction of sp³-hybridized carbons (Fsp3) is 0.238. The first kappa shape index (κ1) is 19.3. The summed E-state index contributed by atoms with van der Waals surface area (Å²) in [5, 5.41) is 10.3. The molecule has 7 nitrogen and oxygen atoms in total. The molecule has 4 rings (SSSR count). The first-order chi connectivity index (χ1) is 14.0. The van der Waals surface area contributed by atoms with Crippen molar-refractivity contribution in [2.75, 3.05) is 18.0 Å². The van der Waals surface area contributed by atoms with E-state index in [9.17, 15) is 14.7 Å². The minimum Gasteiger partial charge on any atom is -0.489 e. The normalized spacial score (nSPS) is 16.2. The highest BCUT2D eigenvalue weighted by Gasteiger charge is 2.21. The molecule has 2 N–H and O–H groups in total. The van der Waals surface area contributed by atoms with E-state index in [1.54, 1.807) is 30.3 Å². The summed E-state index contributed by atoms with van der Waals surface area (Å²) in [6.07, 6.45) is 1.80. The number of anilines is 1. The molecule has 1 fully saturated rings. The molecule has 0 amide bonds. The summed E-state index contributed by atoms with van der Waals surface area (Å²) in [5.41, 5.74) is 0.412. The summed E-state index contributed by atoms with van der Waals surface area (Å²) in [4.78, 5) is 29.7. The zero-order valence-electron chi connectivity index (χ0n) is 15.5. The standard InChI is InChI=1S/C21H20ClN3O4/c22-15-3-1-14(2-4-15)13-29-17-8-10-25(20(27)11-17)18-5-6-19(23-21(18)28)24-9-7-16(26)12-24/h1-6,8,10-11,16,26H,7,9,12-13H2,(H,23,28)/t16-/m1/s1. The molecule has 3 heterocycles. The number of aromatic amines is 1. The van der Waals surface area contributed by atoms with Crippen molar-refractivity contribution in [1.82, 2.24) is 9.55 Å². The van der Waals surface area contributed by atoms with E-state index in [0.29, 0.717) is 42.7 Å². The van der Waals surface area contributed by atoms with Crippen LogP contribution in [-0.4, -0.2) is 33.9 Å². The minimum absolute atomic E-state index is 0.225. The van der Waals surface area contributed by atoms with Crippen LogP contribution in [0.2, 0.25) is 5.02 Å². The highest BCUT2D eigenvalue weighted by atomic mass is 35.5. The number of β-amino-alcohol motifs (C(OH)–C–C–N with tert-alkyl or cyclic N) is 1. The predicted molar refractivity (Wildman–Crippen MR) is 111 cm³/mol. The number of aromatic nitrogens is 2. The molecule has 3 aromatic rings. The maximum Gasteiger partial charge on any atom is 0.273 e. The van der Waals surface area contributed by atoms with E-state index < -0.39 is 0 Å². The van der Waals surface area contributed by atoms with Gasteiger partial charge in [-0.05, 0) is 42.3 Å². The summed E-state index contributed by atoms with van der Waals surface area (Å²) < 4.78 is 6.93. The molecule has 0 bridgehead atoms. The van der Waals surface area contributed by atoms with Gasteiger partial charge in [0.25, 0.3) is 11.1 Å². The summed E-state index contributed by atoms with van der Waals surface area (Å²) in [5.74, 6) is 1.05. The number of nitrogens with one attached hydrogen (secondary N) is 1. The van der Waals surface area contributed by atoms with E-state index in [1.165, 1.54) is 16.8 Å². The molecule has 1 aliphatic heterocycles. The minimum atomic E-state index is -0.388. The van der Waals surface area contributed by atoms with Crippen molar-refractivity contribution in [3.63, 3.8) is 0 Å². The summed E-state index contributed by atoms with van der Waals surface area (Å²) >= 11 is 5.86. The van der Waals surface area contributed by atoms with Gasteiger partial charge in [-0.3, -0.25) is 14.2 Å². The quantitative estimate of drug-likeness (QED) is 0.670. The number of pyridine rings is 2. The monoisotopic (exact) mass is 413 g/mol. The molecular formula is C21H20ClN3O4. The SMILES string of the molecule is O=c1[nH]c(N2CC[C@@H](O)C2)ccc1-n1ccc(OCc2ccc(Cl)cc2)cc1=O. The molecular weight excluding hydrogens is 394 g/mol. The van der Waals surface area contributed by atoms with Crippen LogP contribution in [0.25, 0.3) is 5.69 Å². The van der Waals surface area contributed by atoms with Gasteiger partial charge in [-0.15, -0.1) is 0 Å². The number of rotatable bonds is 5. The smallest absolute Gasteiger partial charge is 0.273 e. The van der Waals surface area contributed by atoms with E-state index in [2.05, 4.69) is 4.98 Å². The van der Waals surface area contributed by atoms with Crippen molar-refractivity contribution >= 4 is 17.4 Å². The molecule has 0 unspecified atom stereocenters. The number of ether oxygens (including phenoxy) is 1. The number of hydrogen-bond acceptors (Lipinski definition) is 5. The summed E-state index contributed by atoms with van der Waals surface area (Å²) in [7, 11) is 0. The first-order valence-electron chi connectivity index (χ1n) is 9.26. The van der Waals surface area contributed by atoms with Crippen LogP contribution in [0.4, 0.5) is 5.82 Å². The number of halogens is 1. The Bertz CT molecular complexity index is 1120. The lowest BCUT2D eigenvalue weighted by atomic mass is 10.2. The molecule has 29 heavy (non-hydrogen) atoms. The molecule has 0 spiro atoms. The fourth-order valence-electron chi connectivity index (χ4n) is 3.29. The van der Waals surface area contributed by atoms with Gasteiger partial charge in [-0.25, -0.2) is 0 Å². The van der Waals surface area contributed by atoms with Gasteiger partial charge in [0.1, 0.15) is 23.9 Å². The Morgan fingerprint density at radius 1 is 1.14 bits per heavy atom. The lowest BCUT2D eigenvalue weighted by Crippen LogP contribution is -2.28. The lowest BCUT2D eigenvalue weighted by Gasteiger charge is -2.17. The van der Waals surface area contributed by atoms with Crippen LogP contribution < -0.4 is 20.8 Å². The third-order valence-corrected chi connectivity index (χ3v) is 5.10. The van der Waals surface area contributed by atoms with Crippen LogP contribution >= 0.6 is 11.6 Å². The third-order valence-electron chi connectivity index (χ3n) is 4.85. The zero-order valence-corrected chi connectivity index (χ0v) is 16.3. The van der Waals surface area contributed by atoms with Crippen LogP contribution in [0, 0.1) is 0 Å². The Morgan fingerprint density at radius 3 is 2.59 bits per heavy atom. The van der Waals surface area contributed by atoms with Crippen LogP contribution in [-0.2, 0) is 6.61 Å². The Balaban J connectivity index is 1.51. The van der Waals surface area contributed by atoms with Crippen molar-refractivity contribution in [1.29, 1.82) is 0 Å². The van der Waals surface area contributed by atoms with Gasteiger partial charge in [0.05, 0.1) is 6.10 Å². The number of nitrogens with zero attached hydrogens (tertiary/aromatic N) is 2. The molecule has 1 aromatic carbocycles. The van der Waals surface area contributed by atoms with Crippen LogP contribution in [0.15, 0.2) is 64.3 Å². The van der Waals surface area contributed by atoms with E-state index in [0.717, 1.165) is 5.56 Å². The van der Waals surface area contributed by atoms with Crippen molar-refractivity contribution < 1.29 is 9.84 Å². The Labute approximate surface area is 171 Å². The van der Waals surface area contributed by atoms with Crippen LogP contribution in [0.3, 0.4) is 0 Å². The van der Waals surface area contributed by atoms with Gasteiger partial charge in [0.15, 0.2) is 0 Å². The summed E-state index contributed by atoms with van der Waals surface area (Å²) in [6.45, 7) is 1.46. The van der Waals surface area contributed by atoms with Gasteiger partial charge < -0.3 is 19.7 Å². The second-order valence-electron chi connectivity index (χ2n) is 6.93. The van der Waals surface area contributed by atoms with Gasteiger partial charge in [0.2, 0.25) is 0 Å². The second-order valence-corrected chi connectivity index (χ2v) is 7.37. The predicted octanol–water partition coefficient (Wildman–Crippen LogP) is 2.33. The molecule has 0 aliphatic carbocycles. The Hall–Kier alpha value is -3.03. The molecule has 1 saturated heterocycles. The molecule has 8 heteroatoms. The summed E-state index contributed by atoms with van der Waals surface area (Å²) in [6, 6.07) is 13.6. The Kier molecular flexibility index (Phi) is 5.42. The maximum atomic E-state index is 12.5. The van der Waals surface area contributed by atoms with Gasteiger partial charge in [-0.1, -0.05) is 23.7 Å². The number of hydrogen-bond donors (Lipinski definition) is 2. The number of aliphatic hydroxyl groups excluding tert-OH is 1. The second kappa shape index (κ2) is 8.14. The average Bonchev–Trinajstić information content (AvgIpc) is 3.14. The van der Waals surface area contributed by atoms with Crippen molar-refractivity contribution in [3.05, 3.63) is 86.0 Å². The highest BCUT2D eigenvalue weighted by molar-refractivity contribution is 6.30. The van der Waals surface area contributed by atoms with Crippen molar-refractivity contribution in [2.45, 2.75) is 19.1 Å². The first-order valence-corrected chi connectivity index (χ1v) is 9.64. The number of benzene rings is 1. The molecule has 0 radical (unpaired) electrons. The average molecular weight is 414 g/mol. The molecule has 1 atom stereocenters. The van der Waals surface area contributed by atoms with Crippen LogP contribution in [0.1, 0.15) is 12.0 Å². The van der Waals surface area contributed by atoms with Gasteiger partial charge in [0, 0.05) is 30.4 Å². The van der Waals surface area contributed by atoms with E-state index in [-0.39, 0.29) is 22.9 Å². The molecule has 2 aromatic heterocycles. The third kappa shape index (κ3) is 4.36. The molecule has 1 aliphatic rings. The zero-order chi connectivity index (χ0) is 20.4. The Morgan fingerprint density at radius 2 is 1.93 bits per heavy atom. The van der Waals surface area contributed by atoms with Crippen molar-refractivity contribution in [2.24, 2.45) is 0 Å². The van der Waals surface area contributed by atoms with E-state index in [4.69, 9.17) is 16.3 Å². The van der Waals surface area contributed by atoms with E-state index in [1.807, 2.05) is 17.0 Å².